The van der Waals surface area contributed by atoms with Gasteiger partial charge in [-0.2, -0.15) is 0 Å². The summed E-state index contributed by atoms with van der Waals surface area (Å²) in [6.45, 7) is 2.79. The predicted octanol–water partition coefficient (Wildman–Crippen LogP) is 2.38. The highest BCUT2D eigenvalue weighted by atomic mass is 16.5. The van der Waals surface area contributed by atoms with Gasteiger partial charge in [-0.15, -0.1) is 0 Å². The van der Waals surface area contributed by atoms with E-state index >= 15 is 0 Å². The quantitative estimate of drug-likeness (QED) is 0.871. The second-order valence-electron chi connectivity index (χ2n) is 6.68. The maximum absolute atomic E-state index is 10.6. The van der Waals surface area contributed by atoms with E-state index in [2.05, 4.69) is 22.0 Å². The molecule has 6 nitrogen and oxygen atoms in total. The van der Waals surface area contributed by atoms with Gasteiger partial charge >= 0.3 is 0 Å². The summed E-state index contributed by atoms with van der Waals surface area (Å²) in [5, 5.41) is 10.6. The minimum absolute atomic E-state index is 0.261. The van der Waals surface area contributed by atoms with Crippen LogP contribution in [0.5, 0.6) is 11.5 Å². The number of aromatic nitrogens is 2. The first-order valence-electron chi connectivity index (χ1n) is 8.70. The number of methoxy groups -OCH3 is 2. The van der Waals surface area contributed by atoms with Crippen LogP contribution in [0.1, 0.15) is 30.3 Å². The molecule has 1 aromatic carbocycles. The van der Waals surface area contributed by atoms with Crippen molar-refractivity contribution in [1.82, 2.24) is 14.5 Å². The van der Waals surface area contributed by atoms with E-state index in [1.54, 1.807) is 20.4 Å². The topological polar surface area (TPSA) is 59.8 Å². The Labute approximate surface area is 149 Å². The van der Waals surface area contributed by atoms with Crippen molar-refractivity contribution >= 4 is 0 Å². The Morgan fingerprint density at radius 1 is 1.16 bits per heavy atom. The number of benzene rings is 1. The van der Waals surface area contributed by atoms with Crippen molar-refractivity contribution in [2.45, 2.75) is 25.5 Å². The van der Waals surface area contributed by atoms with Crippen LogP contribution < -0.4 is 9.47 Å². The van der Waals surface area contributed by atoms with E-state index in [1.807, 2.05) is 23.9 Å². The van der Waals surface area contributed by atoms with Crippen molar-refractivity contribution in [1.29, 1.82) is 0 Å². The zero-order valence-electron chi connectivity index (χ0n) is 15.2. The maximum Gasteiger partial charge on any atom is 0.137 e. The summed E-state index contributed by atoms with van der Waals surface area (Å²) >= 11 is 0. The molecule has 6 heteroatoms. The first-order valence-corrected chi connectivity index (χ1v) is 8.70. The third-order valence-electron chi connectivity index (χ3n) is 5.02. The van der Waals surface area contributed by atoms with Crippen LogP contribution >= 0.6 is 0 Å². The first kappa shape index (κ1) is 17.8. The Kier molecular flexibility index (Phi) is 5.60. The molecule has 1 fully saturated rings. The molecule has 25 heavy (non-hydrogen) atoms. The van der Waals surface area contributed by atoms with Crippen LogP contribution in [-0.4, -0.2) is 46.9 Å². The number of aryl methyl sites for hydroxylation is 1. The van der Waals surface area contributed by atoms with Gasteiger partial charge in [-0.05, 0) is 49.5 Å². The van der Waals surface area contributed by atoms with E-state index in [-0.39, 0.29) is 5.92 Å². The summed E-state index contributed by atoms with van der Waals surface area (Å²) in [4.78, 5) is 6.70. The normalized spacial score (nSPS) is 17.4. The van der Waals surface area contributed by atoms with Crippen LogP contribution in [0.3, 0.4) is 0 Å². The SMILES string of the molecule is COc1cc(CN2CCC([C@@H](O)c3nccn3C)CC2)cc(OC)c1. The summed E-state index contributed by atoms with van der Waals surface area (Å²) < 4.78 is 12.6. The van der Waals surface area contributed by atoms with E-state index in [9.17, 15) is 5.11 Å². The fourth-order valence-electron chi connectivity index (χ4n) is 3.52. The molecule has 1 aromatic heterocycles. The number of piperidine rings is 1. The van der Waals surface area contributed by atoms with Crippen LogP contribution in [0.2, 0.25) is 0 Å². The van der Waals surface area contributed by atoms with Gasteiger partial charge in [0, 0.05) is 32.1 Å². The highest BCUT2D eigenvalue weighted by Gasteiger charge is 2.28. The van der Waals surface area contributed by atoms with Crippen molar-refractivity contribution in [2.75, 3.05) is 27.3 Å². The molecule has 1 aliphatic heterocycles. The predicted molar refractivity (Wildman–Crippen MR) is 95.7 cm³/mol. The number of aliphatic hydroxyl groups is 1. The lowest BCUT2D eigenvalue weighted by Crippen LogP contribution is -2.35. The molecule has 0 amide bonds. The number of hydrogen-bond acceptors (Lipinski definition) is 5. The number of ether oxygens (including phenoxy) is 2. The molecule has 3 rings (SSSR count). The average molecular weight is 345 g/mol. The van der Waals surface area contributed by atoms with Crippen molar-refractivity contribution < 1.29 is 14.6 Å². The van der Waals surface area contributed by atoms with Crippen molar-refractivity contribution in [3.05, 3.63) is 42.0 Å². The molecule has 1 aliphatic rings. The molecule has 0 aliphatic carbocycles. The first-order chi connectivity index (χ1) is 12.1. The highest BCUT2D eigenvalue weighted by Crippen LogP contribution is 2.31. The molecular formula is C19H27N3O3. The smallest absolute Gasteiger partial charge is 0.137 e. The standard InChI is InChI=1S/C19H27N3O3/c1-21-9-6-20-19(21)18(23)15-4-7-22(8-5-15)13-14-10-16(24-2)12-17(11-14)25-3/h6,9-12,15,18,23H,4-5,7-8,13H2,1-3H3/t18-/m1/s1. The summed E-state index contributed by atoms with van der Waals surface area (Å²) in [5.41, 5.74) is 1.18. The van der Waals surface area contributed by atoms with Crippen molar-refractivity contribution in [2.24, 2.45) is 13.0 Å². The van der Waals surface area contributed by atoms with Crippen LogP contribution in [-0.2, 0) is 13.6 Å². The van der Waals surface area contributed by atoms with Crippen molar-refractivity contribution in [3.8, 4) is 11.5 Å². The van der Waals surface area contributed by atoms with Gasteiger partial charge in [-0.3, -0.25) is 4.90 Å². The molecule has 0 bridgehead atoms. The Hall–Kier alpha value is -2.05. The number of aliphatic hydroxyl groups excluding tert-OH is 1. The maximum atomic E-state index is 10.6. The van der Waals surface area contributed by atoms with Crippen molar-refractivity contribution in [3.63, 3.8) is 0 Å². The Balaban J connectivity index is 1.58. The lowest BCUT2D eigenvalue weighted by molar-refractivity contribution is 0.0492. The molecule has 0 radical (unpaired) electrons. The van der Waals surface area contributed by atoms with Crippen LogP contribution in [0.15, 0.2) is 30.6 Å². The van der Waals surface area contributed by atoms with Gasteiger partial charge in [-0.1, -0.05) is 0 Å². The van der Waals surface area contributed by atoms with E-state index in [1.165, 1.54) is 5.56 Å². The fourth-order valence-corrected chi connectivity index (χ4v) is 3.52. The van der Waals surface area contributed by atoms with Crippen LogP contribution in [0.25, 0.3) is 0 Å². The Bertz CT molecular complexity index is 671. The summed E-state index contributed by atoms with van der Waals surface area (Å²) in [6.07, 6.45) is 5.07. The molecule has 2 heterocycles. The number of nitrogens with zero attached hydrogens (tertiary/aromatic N) is 3. The number of hydrogen-bond donors (Lipinski definition) is 1. The van der Waals surface area contributed by atoms with Gasteiger partial charge in [0.1, 0.15) is 23.4 Å². The molecule has 0 unspecified atom stereocenters. The molecule has 1 N–H and O–H groups in total. The number of likely N-dealkylation sites (tertiary alicyclic amines) is 1. The molecule has 136 valence electrons. The third-order valence-corrected chi connectivity index (χ3v) is 5.02. The van der Waals surface area contributed by atoms with E-state index in [4.69, 9.17) is 9.47 Å². The zero-order chi connectivity index (χ0) is 17.8. The second-order valence-corrected chi connectivity index (χ2v) is 6.68. The lowest BCUT2D eigenvalue weighted by atomic mass is 9.90. The van der Waals surface area contributed by atoms with Gasteiger partial charge in [0.15, 0.2) is 0 Å². The monoisotopic (exact) mass is 345 g/mol. The van der Waals surface area contributed by atoms with Crippen LogP contribution in [0, 0.1) is 5.92 Å². The van der Waals surface area contributed by atoms with E-state index < -0.39 is 6.10 Å². The average Bonchev–Trinajstić information content (AvgIpc) is 3.07. The highest BCUT2D eigenvalue weighted by molar-refractivity contribution is 5.38. The summed E-state index contributed by atoms with van der Waals surface area (Å²) in [6, 6.07) is 5.99. The molecular weight excluding hydrogens is 318 g/mol. The van der Waals surface area contributed by atoms with Gasteiger partial charge in [0.05, 0.1) is 14.2 Å². The number of rotatable bonds is 6. The third kappa shape index (κ3) is 4.14. The van der Waals surface area contributed by atoms with E-state index in [0.717, 1.165) is 49.8 Å². The van der Waals surface area contributed by atoms with Gasteiger partial charge < -0.3 is 19.1 Å². The zero-order valence-corrected chi connectivity index (χ0v) is 15.2. The van der Waals surface area contributed by atoms with Gasteiger partial charge in [0.25, 0.3) is 0 Å². The molecule has 2 aromatic rings. The largest absolute Gasteiger partial charge is 0.497 e. The van der Waals surface area contributed by atoms with E-state index in [0.29, 0.717) is 0 Å². The number of imidazole rings is 1. The molecule has 1 atom stereocenters. The summed E-state index contributed by atoms with van der Waals surface area (Å²) in [5.74, 6) is 2.65. The molecule has 1 saturated heterocycles. The Morgan fingerprint density at radius 2 is 1.80 bits per heavy atom. The second kappa shape index (κ2) is 7.89. The minimum atomic E-state index is -0.487. The lowest BCUT2D eigenvalue weighted by Gasteiger charge is -2.34. The Morgan fingerprint density at radius 3 is 2.32 bits per heavy atom. The van der Waals surface area contributed by atoms with Gasteiger partial charge in [0.2, 0.25) is 0 Å². The summed E-state index contributed by atoms with van der Waals surface area (Å²) in [7, 11) is 5.27. The minimum Gasteiger partial charge on any atom is -0.497 e. The molecule has 0 spiro atoms. The fraction of sp³-hybridized carbons (Fsp3) is 0.526. The van der Waals surface area contributed by atoms with Gasteiger partial charge in [-0.25, -0.2) is 4.98 Å². The van der Waals surface area contributed by atoms with Crippen LogP contribution in [0.4, 0.5) is 0 Å². The molecule has 0 saturated carbocycles.